The minimum absolute atomic E-state index is 0.0515. The van der Waals surface area contributed by atoms with E-state index in [1.165, 1.54) is 0 Å². The molecule has 1 aromatic carbocycles. The van der Waals surface area contributed by atoms with Gasteiger partial charge in [0, 0.05) is 11.6 Å². The van der Waals surface area contributed by atoms with E-state index < -0.39 is 18.0 Å². The van der Waals surface area contributed by atoms with E-state index in [1.54, 1.807) is 6.08 Å². The summed E-state index contributed by atoms with van der Waals surface area (Å²) in [6, 6.07) is 4.00. The van der Waals surface area contributed by atoms with Crippen LogP contribution in [0.15, 0.2) is 30.4 Å². The lowest BCUT2D eigenvalue weighted by Gasteiger charge is -2.20. The van der Waals surface area contributed by atoms with Crippen molar-refractivity contribution in [3.63, 3.8) is 0 Å². The highest BCUT2D eigenvalue weighted by molar-refractivity contribution is 5.99. The summed E-state index contributed by atoms with van der Waals surface area (Å²) in [7, 11) is 0. The van der Waals surface area contributed by atoms with Crippen LogP contribution in [0.2, 0.25) is 0 Å². The van der Waals surface area contributed by atoms with Crippen LogP contribution in [0.5, 0.6) is 0 Å². The highest BCUT2D eigenvalue weighted by Crippen LogP contribution is 2.32. The summed E-state index contributed by atoms with van der Waals surface area (Å²) in [4.78, 5) is 12.9. The fourth-order valence-corrected chi connectivity index (χ4v) is 3.99. The number of ether oxygens (including phenoxy) is 2. The van der Waals surface area contributed by atoms with Gasteiger partial charge in [0.25, 0.3) is 5.91 Å². The van der Waals surface area contributed by atoms with Gasteiger partial charge < -0.3 is 19.9 Å². The molecule has 2 aliphatic heterocycles. The lowest BCUT2D eigenvalue weighted by atomic mass is 9.96. The van der Waals surface area contributed by atoms with Crippen LogP contribution in [0.25, 0.3) is 6.08 Å². The highest BCUT2D eigenvalue weighted by atomic mass is 16.8. The second-order valence-corrected chi connectivity index (χ2v) is 8.35. The van der Waals surface area contributed by atoms with Gasteiger partial charge in [0.1, 0.15) is 12.2 Å². The molecule has 0 spiro atoms. The molecule has 2 unspecified atom stereocenters. The fraction of sp³-hybridized carbons (Fsp3) is 0.522. The molecule has 1 aromatic rings. The maximum Gasteiger partial charge on any atom is 0.252 e. The first-order chi connectivity index (χ1) is 13.2. The lowest BCUT2D eigenvalue weighted by Crippen LogP contribution is -2.35. The first-order valence-corrected chi connectivity index (χ1v) is 9.95. The average molecular weight is 386 g/mol. The predicted octanol–water partition coefficient (Wildman–Crippen LogP) is 3.67. The quantitative estimate of drug-likeness (QED) is 0.669. The van der Waals surface area contributed by atoms with E-state index >= 15 is 0 Å². The maximum absolute atomic E-state index is 12.9. The third-order valence-corrected chi connectivity index (χ3v) is 5.16. The second-order valence-electron chi connectivity index (χ2n) is 8.35. The summed E-state index contributed by atoms with van der Waals surface area (Å²) in [5, 5.41) is 13.6. The van der Waals surface area contributed by atoms with Gasteiger partial charge in [0.05, 0.1) is 6.10 Å². The SMILES string of the molecule is Cc1cc(C)c2c(c1)/C=C/C[C@@H]1OC(C)(C)O[C@@H]1C(O)/C=C\CC(C)NC2=O. The van der Waals surface area contributed by atoms with Gasteiger partial charge in [-0.05, 0) is 58.6 Å². The Kier molecular flexibility index (Phi) is 6.08. The molecule has 4 atom stereocenters. The summed E-state index contributed by atoms with van der Waals surface area (Å²) in [5.74, 6) is -0.808. The number of aliphatic hydroxyl groups excluding tert-OH is 1. The van der Waals surface area contributed by atoms with Crippen molar-refractivity contribution >= 4 is 12.0 Å². The van der Waals surface area contributed by atoms with Crippen LogP contribution in [-0.2, 0) is 9.47 Å². The van der Waals surface area contributed by atoms with Gasteiger partial charge in [-0.3, -0.25) is 4.79 Å². The molecule has 3 rings (SSSR count). The molecular weight excluding hydrogens is 354 g/mol. The van der Waals surface area contributed by atoms with Crippen LogP contribution in [0.4, 0.5) is 0 Å². The Balaban J connectivity index is 1.98. The molecule has 2 N–H and O–H groups in total. The van der Waals surface area contributed by atoms with E-state index in [4.69, 9.17) is 9.47 Å². The van der Waals surface area contributed by atoms with Crippen molar-refractivity contribution in [1.82, 2.24) is 5.32 Å². The van der Waals surface area contributed by atoms with Crippen LogP contribution < -0.4 is 5.32 Å². The number of nitrogens with one attached hydrogen (secondary N) is 1. The van der Waals surface area contributed by atoms with Crippen molar-refractivity contribution in [2.45, 2.75) is 77.6 Å². The van der Waals surface area contributed by atoms with Gasteiger partial charge in [0.15, 0.2) is 5.79 Å². The Labute approximate surface area is 167 Å². The van der Waals surface area contributed by atoms with Gasteiger partial charge in [-0.2, -0.15) is 0 Å². The summed E-state index contributed by atoms with van der Waals surface area (Å²) in [6.45, 7) is 9.68. The van der Waals surface area contributed by atoms with Gasteiger partial charge in [-0.25, -0.2) is 0 Å². The Bertz CT molecular complexity index is 796. The van der Waals surface area contributed by atoms with E-state index in [2.05, 4.69) is 5.32 Å². The fourth-order valence-electron chi connectivity index (χ4n) is 3.99. The van der Waals surface area contributed by atoms with E-state index in [0.717, 1.165) is 16.7 Å². The number of carbonyl (C=O) groups excluding carboxylic acids is 1. The molecule has 1 amide bonds. The molecule has 0 bridgehead atoms. The highest BCUT2D eigenvalue weighted by Gasteiger charge is 2.43. The average Bonchev–Trinajstić information content (AvgIpc) is 2.88. The smallest absolute Gasteiger partial charge is 0.252 e. The summed E-state index contributed by atoms with van der Waals surface area (Å²) >= 11 is 0. The number of hydrogen-bond acceptors (Lipinski definition) is 4. The van der Waals surface area contributed by atoms with Crippen LogP contribution in [0.1, 0.15) is 60.7 Å². The number of fused-ring (bicyclic) bond motifs is 2. The molecule has 2 aliphatic rings. The van der Waals surface area contributed by atoms with Crippen molar-refractivity contribution in [3.05, 3.63) is 52.6 Å². The molecule has 152 valence electrons. The maximum atomic E-state index is 12.9. The first kappa shape index (κ1) is 20.8. The molecule has 2 heterocycles. The zero-order valence-electron chi connectivity index (χ0n) is 17.4. The lowest BCUT2D eigenvalue weighted by molar-refractivity contribution is -0.152. The third-order valence-electron chi connectivity index (χ3n) is 5.16. The number of benzene rings is 1. The van der Waals surface area contributed by atoms with E-state index in [-0.39, 0.29) is 18.1 Å². The first-order valence-electron chi connectivity index (χ1n) is 9.95. The molecular formula is C23H31NO4. The minimum atomic E-state index is -0.761. The van der Waals surface area contributed by atoms with Crippen LogP contribution in [0, 0.1) is 13.8 Å². The van der Waals surface area contributed by atoms with Gasteiger partial charge in [-0.1, -0.05) is 42.0 Å². The largest absolute Gasteiger partial charge is 0.386 e. The monoisotopic (exact) mass is 385 g/mol. The topological polar surface area (TPSA) is 67.8 Å². The standard InChI is InChI=1S/C23H31NO4/c1-14-12-15(2)20-17(13-14)9-7-11-19-21(28-23(4,5)27-19)18(25)10-6-8-16(3)24-22(20)26/h6-7,9-10,12-13,16,18-19,21,25H,8,11H2,1-5H3,(H,24,26)/b9-7+,10-6-/t16?,18?,19-,21+/m0/s1. The Morgan fingerprint density at radius 2 is 1.89 bits per heavy atom. The molecule has 1 fully saturated rings. The number of aryl methyl sites for hydroxylation is 2. The number of rotatable bonds is 0. The van der Waals surface area contributed by atoms with Crippen molar-refractivity contribution in [1.29, 1.82) is 0 Å². The number of aliphatic hydroxyl groups is 1. The Hall–Kier alpha value is -1.95. The van der Waals surface area contributed by atoms with Crippen LogP contribution >= 0.6 is 0 Å². The summed E-state index contributed by atoms with van der Waals surface area (Å²) in [6.07, 6.45) is 7.37. The number of amides is 1. The minimum Gasteiger partial charge on any atom is -0.386 e. The molecule has 5 nitrogen and oxygen atoms in total. The molecule has 1 saturated heterocycles. The summed E-state index contributed by atoms with van der Waals surface area (Å²) < 4.78 is 12.0. The molecule has 28 heavy (non-hydrogen) atoms. The van der Waals surface area contributed by atoms with Crippen molar-refractivity contribution in [2.75, 3.05) is 0 Å². The molecule has 0 aromatic heterocycles. The van der Waals surface area contributed by atoms with Crippen LogP contribution in [-0.4, -0.2) is 41.2 Å². The van der Waals surface area contributed by atoms with E-state index in [9.17, 15) is 9.90 Å². The molecule has 5 heteroatoms. The summed E-state index contributed by atoms with van der Waals surface area (Å²) in [5.41, 5.74) is 3.67. The molecule has 0 saturated carbocycles. The third kappa shape index (κ3) is 4.72. The zero-order chi connectivity index (χ0) is 20.5. The predicted molar refractivity (Wildman–Crippen MR) is 110 cm³/mol. The van der Waals surface area contributed by atoms with Crippen molar-refractivity contribution in [3.8, 4) is 0 Å². The molecule has 0 radical (unpaired) electrons. The van der Waals surface area contributed by atoms with Gasteiger partial charge in [0.2, 0.25) is 0 Å². The number of hydrogen-bond donors (Lipinski definition) is 2. The van der Waals surface area contributed by atoms with Crippen LogP contribution in [0.3, 0.4) is 0 Å². The van der Waals surface area contributed by atoms with E-state index in [0.29, 0.717) is 18.4 Å². The Morgan fingerprint density at radius 1 is 1.14 bits per heavy atom. The van der Waals surface area contributed by atoms with E-state index in [1.807, 2.05) is 65.0 Å². The second kappa shape index (κ2) is 8.19. The zero-order valence-corrected chi connectivity index (χ0v) is 17.4. The molecule has 0 aliphatic carbocycles. The van der Waals surface area contributed by atoms with Gasteiger partial charge in [-0.15, -0.1) is 0 Å². The number of carbonyl (C=O) groups is 1. The van der Waals surface area contributed by atoms with Crippen molar-refractivity contribution < 1.29 is 19.4 Å². The Morgan fingerprint density at radius 3 is 2.64 bits per heavy atom. The van der Waals surface area contributed by atoms with Gasteiger partial charge >= 0.3 is 0 Å². The van der Waals surface area contributed by atoms with Crippen molar-refractivity contribution in [2.24, 2.45) is 0 Å². The normalized spacial score (nSPS) is 32.6.